The number of ether oxygens (including phenoxy) is 2. The van der Waals surface area contributed by atoms with Gasteiger partial charge in [0.2, 0.25) is 0 Å². The van der Waals surface area contributed by atoms with Crippen molar-refractivity contribution in [1.29, 1.82) is 0 Å². The lowest BCUT2D eigenvalue weighted by Crippen LogP contribution is -2.33. The molecule has 3 rings (SSSR count). The number of carbonyl (C=O) groups is 4. The highest BCUT2D eigenvalue weighted by Crippen LogP contribution is 2.62. The van der Waals surface area contributed by atoms with Crippen molar-refractivity contribution in [2.75, 3.05) is 0 Å². The molecule has 1 aromatic carbocycles. The molecule has 0 aliphatic heterocycles. The Kier molecular flexibility index (Phi) is 8.02. The molecule has 1 fully saturated rings. The highest BCUT2D eigenvalue weighted by atomic mass is 16.6. The van der Waals surface area contributed by atoms with Crippen LogP contribution in [-0.4, -0.2) is 41.0 Å². The maximum atomic E-state index is 13.0. The molecule has 192 valence electrons. The van der Waals surface area contributed by atoms with E-state index in [0.717, 1.165) is 0 Å². The first-order valence-corrected chi connectivity index (χ1v) is 12.1. The van der Waals surface area contributed by atoms with Gasteiger partial charge in [-0.05, 0) is 48.6 Å². The highest BCUT2D eigenvalue weighted by Gasteiger charge is 2.57. The van der Waals surface area contributed by atoms with Crippen molar-refractivity contribution in [2.24, 2.45) is 23.2 Å². The number of esters is 2. The number of hydrogen-bond donors (Lipinski definition) is 1. The molecule has 36 heavy (non-hydrogen) atoms. The summed E-state index contributed by atoms with van der Waals surface area (Å²) in [7, 11) is 0. The molecule has 1 N–H and O–H groups in total. The summed E-state index contributed by atoms with van der Waals surface area (Å²) in [6, 6.07) is 8.52. The van der Waals surface area contributed by atoms with Crippen molar-refractivity contribution >= 4 is 23.7 Å². The molecule has 2 aliphatic rings. The molecule has 0 amide bonds. The van der Waals surface area contributed by atoms with E-state index in [2.05, 4.69) is 6.58 Å². The molecule has 5 atom stereocenters. The van der Waals surface area contributed by atoms with E-state index in [-0.39, 0.29) is 34.5 Å². The summed E-state index contributed by atoms with van der Waals surface area (Å²) in [6.45, 7) is 12.9. The second-order valence-electron chi connectivity index (χ2n) is 10.4. The highest BCUT2D eigenvalue weighted by molar-refractivity contribution is 6.00. The van der Waals surface area contributed by atoms with Crippen LogP contribution in [0.15, 0.2) is 65.8 Å². The Bertz CT molecular complexity index is 1130. The van der Waals surface area contributed by atoms with Gasteiger partial charge in [0, 0.05) is 30.1 Å². The zero-order valence-corrected chi connectivity index (χ0v) is 21.4. The van der Waals surface area contributed by atoms with Gasteiger partial charge in [-0.3, -0.25) is 9.59 Å². The van der Waals surface area contributed by atoms with Gasteiger partial charge in [-0.25, -0.2) is 9.59 Å². The lowest BCUT2D eigenvalue weighted by Gasteiger charge is -2.27. The Labute approximate surface area is 211 Å². The van der Waals surface area contributed by atoms with Crippen LogP contribution in [0.3, 0.4) is 0 Å². The number of carboxylic acid groups (broad SMARTS) is 1. The monoisotopic (exact) mass is 494 g/mol. The third-order valence-electron chi connectivity index (χ3n) is 7.24. The van der Waals surface area contributed by atoms with Crippen molar-refractivity contribution in [3.05, 3.63) is 71.3 Å². The molecule has 0 spiro atoms. The smallest absolute Gasteiger partial charge is 0.338 e. The third-order valence-corrected chi connectivity index (χ3v) is 7.24. The van der Waals surface area contributed by atoms with E-state index in [9.17, 15) is 24.3 Å². The maximum absolute atomic E-state index is 13.0. The van der Waals surface area contributed by atoms with Crippen molar-refractivity contribution in [3.63, 3.8) is 0 Å². The van der Waals surface area contributed by atoms with Crippen molar-refractivity contribution in [2.45, 2.75) is 59.7 Å². The Balaban J connectivity index is 1.93. The number of Topliss-reactive ketones (excluding diaryl/α,β-unsaturated/α-hetero) is 1. The van der Waals surface area contributed by atoms with E-state index >= 15 is 0 Å². The second-order valence-corrected chi connectivity index (χ2v) is 10.4. The zero-order valence-electron chi connectivity index (χ0n) is 21.4. The van der Waals surface area contributed by atoms with E-state index in [4.69, 9.17) is 9.47 Å². The van der Waals surface area contributed by atoms with Crippen LogP contribution in [0.25, 0.3) is 0 Å². The molecule has 7 nitrogen and oxygen atoms in total. The summed E-state index contributed by atoms with van der Waals surface area (Å²) in [4.78, 5) is 49.0. The van der Waals surface area contributed by atoms with Crippen LogP contribution in [-0.2, 0) is 23.9 Å². The number of aliphatic carboxylic acids is 1. The number of hydrogen-bond acceptors (Lipinski definition) is 6. The predicted octanol–water partition coefficient (Wildman–Crippen LogP) is 4.93. The minimum absolute atomic E-state index is 0.000413. The molecule has 1 saturated carbocycles. The topological polar surface area (TPSA) is 107 Å². The Morgan fingerprint density at radius 1 is 1.17 bits per heavy atom. The van der Waals surface area contributed by atoms with Crippen molar-refractivity contribution in [1.82, 2.24) is 0 Å². The largest absolute Gasteiger partial charge is 0.478 e. The summed E-state index contributed by atoms with van der Waals surface area (Å²) in [5.74, 6) is -2.31. The van der Waals surface area contributed by atoms with E-state index in [1.807, 2.05) is 20.8 Å². The number of carbonyl (C=O) groups excluding carboxylic acids is 3. The Morgan fingerprint density at radius 2 is 1.81 bits per heavy atom. The van der Waals surface area contributed by atoms with E-state index in [1.165, 1.54) is 6.92 Å². The van der Waals surface area contributed by atoms with E-state index in [0.29, 0.717) is 29.6 Å². The minimum Gasteiger partial charge on any atom is -0.478 e. The van der Waals surface area contributed by atoms with Gasteiger partial charge < -0.3 is 14.6 Å². The van der Waals surface area contributed by atoms with Crippen LogP contribution >= 0.6 is 0 Å². The minimum atomic E-state index is -1.04. The Morgan fingerprint density at radius 3 is 2.33 bits per heavy atom. The lowest BCUT2D eigenvalue weighted by atomic mass is 9.92. The summed E-state index contributed by atoms with van der Waals surface area (Å²) in [5, 5.41) is 9.32. The zero-order chi connectivity index (χ0) is 26.8. The molecule has 0 unspecified atom stereocenters. The van der Waals surface area contributed by atoms with Crippen LogP contribution in [0.4, 0.5) is 0 Å². The van der Waals surface area contributed by atoms with Crippen LogP contribution in [0.1, 0.15) is 57.8 Å². The van der Waals surface area contributed by atoms with E-state index < -0.39 is 30.1 Å². The number of ketones is 1. The van der Waals surface area contributed by atoms with Gasteiger partial charge in [0.05, 0.1) is 5.56 Å². The van der Waals surface area contributed by atoms with Crippen molar-refractivity contribution in [3.8, 4) is 0 Å². The molecule has 0 bridgehead atoms. The summed E-state index contributed by atoms with van der Waals surface area (Å²) in [6.07, 6.45) is 2.27. The number of allylic oxidation sites excluding steroid dienone is 2. The van der Waals surface area contributed by atoms with Crippen LogP contribution in [0, 0.1) is 23.2 Å². The molecule has 0 saturated heterocycles. The third kappa shape index (κ3) is 6.01. The normalized spacial score (nSPS) is 24.4. The molecule has 0 heterocycles. The fourth-order valence-electron chi connectivity index (χ4n) is 4.96. The molecular formula is C29H34O7. The lowest BCUT2D eigenvalue weighted by molar-refractivity contribution is -0.144. The van der Waals surface area contributed by atoms with Gasteiger partial charge in [0.25, 0.3) is 0 Å². The summed E-state index contributed by atoms with van der Waals surface area (Å²) >= 11 is 0. The SMILES string of the molecule is C=C([C@H](OC(C)=O)C1=C[C@@H](C)CC1=O)[C@@H](C[C@H]1[C@@H](C=C(C)C(=O)O)C1(C)C)OC(=O)c1ccccc1. The predicted molar refractivity (Wildman–Crippen MR) is 134 cm³/mol. The van der Waals surface area contributed by atoms with Crippen molar-refractivity contribution < 1.29 is 33.8 Å². The molecule has 0 radical (unpaired) electrons. The van der Waals surface area contributed by atoms with Crippen LogP contribution in [0.5, 0.6) is 0 Å². The standard InChI is InChI=1S/C29H34O7/c1-16-12-21(24(31)13-16)26(35-19(4)30)18(3)25(36-28(34)20-10-8-7-9-11-20)15-23-22(29(23,5)6)14-17(2)27(32)33/h7-12,14,16,22-23,25-26H,3,13,15H2,1-2,4-6H3,(H,32,33)/t16-,22-,23+,25-,26+/m1/s1. The first-order valence-electron chi connectivity index (χ1n) is 12.1. The van der Waals surface area contributed by atoms with E-state index in [1.54, 1.807) is 49.4 Å². The van der Waals surface area contributed by atoms with Gasteiger partial charge in [-0.1, -0.05) is 57.7 Å². The first kappa shape index (κ1) is 27.1. The van der Waals surface area contributed by atoms with Gasteiger partial charge in [-0.15, -0.1) is 0 Å². The summed E-state index contributed by atoms with van der Waals surface area (Å²) < 4.78 is 11.5. The number of carboxylic acids is 1. The fraction of sp³-hybridized carbons (Fsp3) is 0.448. The molecule has 1 aromatic rings. The molecular weight excluding hydrogens is 460 g/mol. The average molecular weight is 495 g/mol. The second kappa shape index (κ2) is 10.6. The molecule has 7 heteroatoms. The quantitative estimate of drug-likeness (QED) is 0.279. The molecule has 0 aromatic heterocycles. The Hall–Kier alpha value is -3.48. The first-order chi connectivity index (χ1) is 16.8. The maximum Gasteiger partial charge on any atom is 0.338 e. The summed E-state index contributed by atoms with van der Waals surface area (Å²) in [5.41, 5.74) is 1.03. The van der Waals surface area contributed by atoms with Gasteiger partial charge >= 0.3 is 17.9 Å². The molecule has 2 aliphatic carbocycles. The van der Waals surface area contributed by atoms with Crippen LogP contribution in [0.2, 0.25) is 0 Å². The average Bonchev–Trinajstić information content (AvgIpc) is 3.12. The number of rotatable bonds is 10. The van der Waals surface area contributed by atoms with Gasteiger partial charge in [0.1, 0.15) is 6.10 Å². The van der Waals surface area contributed by atoms with Crippen LogP contribution < -0.4 is 0 Å². The fourth-order valence-corrected chi connectivity index (χ4v) is 4.96. The number of benzene rings is 1. The van der Waals surface area contributed by atoms with Gasteiger partial charge in [-0.2, -0.15) is 0 Å². The van der Waals surface area contributed by atoms with Gasteiger partial charge in [0.15, 0.2) is 11.9 Å².